The summed E-state index contributed by atoms with van der Waals surface area (Å²) in [5, 5.41) is 5.57. The Balaban J connectivity index is 1.67. The van der Waals surface area contributed by atoms with Crippen LogP contribution in [0.1, 0.15) is 24.4 Å². The zero-order chi connectivity index (χ0) is 19.9. The molecule has 0 aromatic heterocycles. The molecule has 0 aliphatic carbocycles. The Morgan fingerprint density at radius 1 is 1.11 bits per heavy atom. The van der Waals surface area contributed by atoms with E-state index in [-0.39, 0.29) is 17.8 Å². The third-order valence-electron chi connectivity index (χ3n) is 4.94. The van der Waals surface area contributed by atoms with E-state index in [4.69, 9.17) is 9.47 Å². The standard InChI is InChI=1S/C21H26FN3O3/c1-27-19-8-4-3-7-16(19)18(25-11-5-6-12-25)14-23-21(26)24-15-9-10-20(28-2)17(22)13-15/h3-4,7-10,13,18H,5-6,11-12,14H2,1-2H3,(H2,23,24,26). The molecule has 1 saturated heterocycles. The molecule has 2 N–H and O–H groups in total. The summed E-state index contributed by atoms with van der Waals surface area (Å²) in [5.74, 6) is 0.416. The van der Waals surface area contributed by atoms with E-state index in [9.17, 15) is 9.18 Å². The zero-order valence-electron chi connectivity index (χ0n) is 16.2. The normalized spacial score (nSPS) is 15.1. The number of nitrogens with one attached hydrogen (secondary N) is 2. The third-order valence-corrected chi connectivity index (χ3v) is 4.94. The van der Waals surface area contributed by atoms with Crippen LogP contribution < -0.4 is 20.1 Å². The molecule has 0 radical (unpaired) electrons. The molecule has 1 atom stereocenters. The Morgan fingerprint density at radius 2 is 1.82 bits per heavy atom. The highest BCUT2D eigenvalue weighted by atomic mass is 19.1. The van der Waals surface area contributed by atoms with Crippen LogP contribution in [-0.4, -0.2) is 44.8 Å². The van der Waals surface area contributed by atoms with Gasteiger partial charge in [0.1, 0.15) is 5.75 Å². The number of rotatable bonds is 7. The number of hydrogen-bond acceptors (Lipinski definition) is 4. The van der Waals surface area contributed by atoms with E-state index in [1.807, 2.05) is 24.3 Å². The number of halogens is 1. The van der Waals surface area contributed by atoms with Crippen LogP contribution in [0.15, 0.2) is 42.5 Å². The second-order valence-corrected chi connectivity index (χ2v) is 6.69. The lowest BCUT2D eigenvalue weighted by molar-refractivity contribution is 0.224. The quantitative estimate of drug-likeness (QED) is 0.759. The van der Waals surface area contributed by atoms with Gasteiger partial charge in [0.05, 0.1) is 20.3 Å². The van der Waals surface area contributed by atoms with E-state index in [2.05, 4.69) is 15.5 Å². The van der Waals surface area contributed by atoms with E-state index in [0.717, 1.165) is 37.2 Å². The first kappa shape index (κ1) is 19.9. The number of likely N-dealkylation sites (tertiary alicyclic amines) is 1. The molecule has 1 heterocycles. The molecule has 0 saturated carbocycles. The minimum absolute atomic E-state index is 0.0111. The van der Waals surface area contributed by atoms with Crippen molar-refractivity contribution in [1.82, 2.24) is 10.2 Å². The third kappa shape index (κ3) is 4.72. The lowest BCUT2D eigenvalue weighted by Gasteiger charge is -2.29. The summed E-state index contributed by atoms with van der Waals surface area (Å²) < 4.78 is 24.2. The molecule has 6 nitrogen and oxygen atoms in total. The van der Waals surface area contributed by atoms with Gasteiger partial charge in [0.2, 0.25) is 0 Å². The number of ether oxygens (including phenoxy) is 2. The molecule has 150 valence electrons. The molecule has 28 heavy (non-hydrogen) atoms. The van der Waals surface area contributed by atoms with Crippen molar-refractivity contribution in [1.29, 1.82) is 0 Å². The molecule has 1 unspecified atom stereocenters. The fourth-order valence-electron chi connectivity index (χ4n) is 3.54. The molecule has 1 aliphatic heterocycles. The minimum Gasteiger partial charge on any atom is -0.496 e. The van der Waals surface area contributed by atoms with Crippen LogP contribution in [0, 0.1) is 5.82 Å². The van der Waals surface area contributed by atoms with Gasteiger partial charge in [0.25, 0.3) is 0 Å². The maximum Gasteiger partial charge on any atom is 0.319 e. The largest absolute Gasteiger partial charge is 0.496 e. The fraction of sp³-hybridized carbons (Fsp3) is 0.381. The number of amides is 2. The topological polar surface area (TPSA) is 62.8 Å². The number of hydrogen-bond donors (Lipinski definition) is 2. The van der Waals surface area contributed by atoms with Crippen LogP contribution in [-0.2, 0) is 0 Å². The van der Waals surface area contributed by atoms with Gasteiger partial charge in [-0.25, -0.2) is 9.18 Å². The molecule has 0 bridgehead atoms. The van der Waals surface area contributed by atoms with Gasteiger partial charge in [-0.15, -0.1) is 0 Å². The summed E-state index contributed by atoms with van der Waals surface area (Å²) in [5.41, 5.74) is 1.41. The minimum atomic E-state index is -0.524. The van der Waals surface area contributed by atoms with Gasteiger partial charge >= 0.3 is 6.03 Å². The summed E-state index contributed by atoms with van der Waals surface area (Å²) in [4.78, 5) is 14.7. The second kappa shape index (κ2) is 9.41. The summed E-state index contributed by atoms with van der Waals surface area (Å²) in [6.07, 6.45) is 2.28. The Morgan fingerprint density at radius 3 is 2.50 bits per heavy atom. The Bertz CT molecular complexity index is 809. The van der Waals surface area contributed by atoms with Gasteiger partial charge in [0.15, 0.2) is 11.6 Å². The van der Waals surface area contributed by atoms with Gasteiger partial charge in [-0.05, 0) is 44.1 Å². The Labute approximate surface area is 164 Å². The lowest BCUT2D eigenvalue weighted by Crippen LogP contribution is -2.38. The molecule has 1 fully saturated rings. The van der Waals surface area contributed by atoms with Gasteiger partial charge in [-0.1, -0.05) is 18.2 Å². The summed E-state index contributed by atoms with van der Waals surface area (Å²) in [6, 6.07) is 11.8. The fourth-order valence-corrected chi connectivity index (χ4v) is 3.54. The first-order valence-corrected chi connectivity index (χ1v) is 9.37. The molecule has 2 amide bonds. The molecule has 2 aromatic carbocycles. The summed E-state index contributed by atoms with van der Waals surface area (Å²) in [6.45, 7) is 2.39. The van der Waals surface area contributed by atoms with Crippen molar-refractivity contribution in [2.24, 2.45) is 0 Å². The van der Waals surface area contributed by atoms with Crippen LogP contribution in [0.25, 0.3) is 0 Å². The van der Waals surface area contributed by atoms with Gasteiger partial charge < -0.3 is 20.1 Å². The maximum atomic E-state index is 13.8. The highest BCUT2D eigenvalue weighted by molar-refractivity contribution is 5.89. The highest BCUT2D eigenvalue weighted by Crippen LogP contribution is 2.31. The number of anilines is 1. The zero-order valence-corrected chi connectivity index (χ0v) is 16.2. The average molecular weight is 387 g/mol. The van der Waals surface area contributed by atoms with E-state index >= 15 is 0 Å². The molecule has 0 spiro atoms. The van der Waals surface area contributed by atoms with Crippen LogP contribution in [0.2, 0.25) is 0 Å². The molecule has 7 heteroatoms. The lowest BCUT2D eigenvalue weighted by atomic mass is 10.0. The molecular formula is C21H26FN3O3. The SMILES string of the molecule is COc1ccc(NC(=O)NCC(c2ccccc2OC)N2CCCC2)cc1F. The molecular weight excluding hydrogens is 361 g/mol. The van der Waals surface area contributed by atoms with E-state index < -0.39 is 5.82 Å². The number of benzene rings is 2. The Hall–Kier alpha value is -2.80. The van der Waals surface area contributed by atoms with Crippen molar-refractivity contribution < 1.29 is 18.7 Å². The number of methoxy groups -OCH3 is 2. The maximum absolute atomic E-state index is 13.8. The number of carbonyl (C=O) groups is 1. The predicted octanol–water partition coefficient (Wildman–Crippen LogP) is 3.80. The summed E-state index contributed by atoms with van der Waals surface area (Å²) in [7, 11) is 3.05. The number of nitrogens with zero attached hydrogens (tertiary/aromatic N) is 1. The average Bonchev–Trinajstić information content (AvgIpc) is 3.23. The van der Waals surface area contributed by atoms with Crippen molar-refractivity contribution >= 4 is 11.7 Å². The summed E-state index contributed by atoms with van der Waals surface area (Å²) >= 11 is 0. The van der Waals surface area contributed by atoms with Crippen molar-refractivity contribution in [2.45, 2.75) is 18.9 Å². The van der Waals surface area contributed by atoms with Crippen LogP contribution >= 0.6 is 0 Å². The smallest absolute Gasteiger partial charge is 0.319 e. The number of para-hydroxylation sites is 1. The van der Waals surface area contributed by atoms with Gasteiger partial charge in [-0.3, -0.25) is 4.90 Å². The molecule has 1 aliphatic rings. The first-order chi connectivity index (χ1) is 13.6. The molecule has 3 rings (SSSR count). The molecule has 2 aromatic rings. The number of carbonyl (C=O) groups excluding carboxylic acids is 1. The second-order valence-electron chi connectivity index (χ2n) is 6.69. The first-order valence-electron chi connectivity index (χ1n) is 9.37. The van der Waals surface area contributed by atoms with Gasteiger partial charge in [0, 0.05) is 23.9 Å². The van der Waals surface area contributed by atoms with Crippen LogP contribution in [0.5, 0.6) is 11.5 Å². The predicted molar refractivity (Wildman–Crippen MR) is 107 cm³/mol. The van der Waals surface area contributed by atoms with Crippen molar-refractivity contribution in [3.05, 3.63) is 53.8 Å². The van der Waals surface area contributed by atoms with Crippen molar-refractivity contribution in [2.75, 3.05) is 39.2 Å². The Kier molecular flexibility index (Phi) is 6.71. The monoisotopic (exact) mass is 387 g/mol. The van der Waals surface area contributed by atoms with Gasteiger partial charge in [-0.2, -0.15) is 0 Å². The van der Waals surface area contributed by atoms with E-state index in [1.165, 1.54) is 19.2 Å². The van der Waals surface area contributed by atoms with Crippen LogP contribution in [0.3, 0.4) is 0 Å². The van der Waals surface area contributed by atoms with E-state index in [0.29, 0.717) is 12.2 Å². The van der Waals surface area contributed by atoms with Crippen molar-refractivity contribution in [3.63, 3.8) is 0 Å². The number of urea groups is 1. The van der Waals surface area contributed by atoms with E-state index in [1.54, 1.807) is 13.2 Å². The van der Waals surface area contributed by atoms with Crippen LogP contribution in [0.4, 0.5) is 14.9 Å². The highest BCUT2D eigenvalue weighted by Gasteiger charge is 2.26. The van der Waals surface area contributed by atoms with Crippen molar-refractivity contribution in [3.8, 4) is 11.5 Å².